The van der Waals surface area contributed by atoms with Crippen LogP contribution in [0.25, 0.3) is 11.4 Å². The molecule has 2 aromatic carbocycles. The summed E-state index contributed by atoms with van der Waals surface area (Å²) in [5, 5.41) is 16.7. The third kappa shape index (κ3) is 6.41. The second kappa shape index (κ2) is 10.9. The number of carbonyl (C=O) groups is 1. The number of unbranched alkanes of at least 4 members (excludes halogenated alkanes) is 5. The summed E-state index contributed by atoms with van der Waals surface area (Å²) in [7, 11) is 0. The zero-order valence-electron chi connectivity index (χ0n) is 16.7. The molecule has 0 fully saturated rings. The fourth-order valence-electron chi connectivity index (χ4n) is 2.96. The molecule has 0 aliphatic carbocycles. The van der Waals surface area contributed by atoms with Gasteiger partial charge in [-0.3, -0.25) is 4.79 Å². The van der Waals surface area contributed by atoms with Gasteiger partial charge >= 0.3 is 0 Å². The fourth-order valence-corrected chi connectivity index (χ4v) is 2.96. The van der Waals surface area contributed by atoms with Crippen LogP contribution < -0.4 is 10.1 Å². The first-order valence-electron chi connectivity index (χ1n) is 10.1. The number of hydrogen-bond acceptors (Lipinski definition) is 5. The average Bonchev–Trinajstić information content (AvgIpc) is 3.29. The van der Waals surface area contributed by atoms with Gasteiger partial charge in [-0.2, -0.15) is 5.21 Å². The Hall–Kier alpha value is -3.22. The average molecular weight is 393 g/mol. The van der Waals surface area contributed by atoms with Gasteiger partial charge in [0.15, 0.2) is 0 Å². The van der Waals surface area contributed by atoms with Crippen molar-refractivity contribution < 1.29 is 9.53 Å². The van der Waals surface area contributed by atoms with E-state index in [2.05, 4.69) is 32.9 Å². The molecule has 0 saturated carbocycles. The molecule has 0 bridgehead atoms. The molecule has 0 saturated heterocycles. The number of aromatic amines is 1. The lowest BCUT2D eigenvalue weighted by molar-refractivity contribution is 0.102. The van der Waals surface area contributed by atoms with E-state index in [-0.39, 0.29) is 5.91 Å². The number of amides is 1. The molecular weight excluding hydrogens is 366 g/mol. The minimum absolute atomic E-state index is 0.176. The Kier molecular flexibility index (Phi) is 7.74. The zero-order valence-corrected chi connectivity index (χ0v) is 16.7. The van der Waals surface area contributed by atoms with Gasteiger partial charge in [-0.1, -0.05) is 51.2 Å². The summed E-state index contributed by atoms with van der Waals surface area (Å²) in [6, 6.07) is 14.5. The van der Waals surface area contributed by atoms with Crippen LogP contribution in [0.3, 0.4) is 0 Å². The third-order valence-electron chi connectivity index (χ3n) is 4.63. The summed E-state index contributed by atoms with van der Waals surface area (Å²) in [6.45, 7) is 2.95. The van der Waals surface area contributed by atoms with Gasteiger partial charge in [0.1, 0.15) is 5.75 Å². The first-order valence-corrected chi connectivity index (χ1v) is 10.1. The second-order valence-electron chi connectivity index (χ2n) is 6.91. The number of nitrogens with one attached hydrogen (secondary N) is 2. The minimum atomic E-state index is -0.176. The van der Waals surface area contributed by atoms with Gasteiger partial charge in [-0.15, -0.1) is 10.2 Å². The molecule has 0 spiro atoms. The first kappa shape index (κ1) is 20.5. The van der Waals surface area contributed by atoms with Gasteiger partial charge in [0.2, 0.25) is 5.82 Å². The molecule has 0 unspecified atom stereocenters. The smallest absolute Gasteiger partial charge is 0.255 e. The number of ether oxygens (including phenoxy) is 1. The van der Waals surface area contributed by atoms with E-state index in [1.165, 1.54) is 32.1 Å². The molecule has 0 atom stereocenters. The highest BCUT2D eigenvalue weighted by molar-refractivity contribution is 6.04. The molecule has 1 amide bonds. The predicted molar refractivity (Wildman–Crippen MR) is 113 cm³/mol. The summed E-state index contributed by atoms with van der Waals surface area (Å²) in [6.07, 6.45) is 7.45. The van der Waals surface area contributed by atoms with Gasteiger partial charge in [0, 0.05) is 16.8 Å². The van der Waals surface area contributed by atoms with Gasteiger partial charge < -0.3 is 10.1 Å². The van der Waals surface area contributed by atoms with E-state index in [0.29, 0.717) is 11.4 Å². The fraction of sp³-hybridized carbons (Fsp3) is 0.364. The van der Waals surface area contributed by atoms with Crippen LogP contribution in [-0.2, 0) is 0 Å². The van der Waals surface area contributed by atoms with Crippen molar-refractivity contribution in [2.75, 3.05) is 11.9 Å². The Labute approximate surface area is 170 Å². The monoisotopic (exact) mass is 393 g/mol. The maximum atomic E-state index is 12.4. The summed E-state index contributed by atoms with van der Waals surface area (Å²) < 4.78 is 5.77. The number of nitrogens with zero attached hydrogens (tertiary/aromatic N) is 3. The van der Waals surface area contributed by atoms with Crippen LogP contribution in [0.1, 0.15) is 55.8 Å². The largest absolute Gasteiger partial charge is 0.494 e. The molecule has 7 heteroatoms. The van der Waals surface area contributed by atoms with Crippen molar-refractivity contribution >= 4 is 11.6 Å². The molecule has 1 aromatic heterocycles. The summed E-state index contributed by atoms with van der Waals surface area (Å²) in [5.74, 6) is 1.14. The van der Waals surface area contributed by atoms with Crippen molar-refractivity contribution in [2.24, 2.45) is 0 Å². The van der Waals surface area contributed by atoms with Crippen molar-refractivity contribution in [3.8, 4) is 17.1 Å². The van der Waals surface area contributed by atoms with Crippen LogP contribution >= 0.6 is 0 Å². The highest BCUT2D eigenvalue weighted by Gasteiger charge is 2.08. The van der Waals surface area contributed by atoms with Gasteiger partial charge in [0.05, 0.1) is 6.61 Å². The Morgan fingerprint density at radius 1 is 0.966 bits per heavy atom. The standard InChI is InChI=1S/C22H27N5O2/c1-2-3-4-5-6-7-16-29-20-14-12-19(13-15-20)23-22(28)18-10-8-17(9-11-18)21-24-26-27-25-21/h8-15H,2-7,16H2,1H3,(H,23,28)(H,24,25,26,27). The quantitative estimate of drug-likeness (QED) is 0.454. The lowest BCUT2D eigenvalue weighted by atomic mass is 10.1. The normalized spacial score (nSPS) is 10.7. The van der Waals surface area contributed by atoms with Crippen LogP contribution in [-0.4, -0.2) is 33.1 Å². The van der Waals surface area contributed by atoms with Crippen molar-refractivity contribution in [3.05, 3.63) is 54.1 Å². The van der Waals surface area contributed by atoms with Gasteiger partial charge in [0.25, 0.3) is 5.91 Å². The van der Waals surface area contributed by atoms with E-state index in [4.69, 9.17) is 4.74 Å². The zero-order chi connectivity index (χ0) is 20.3. The van der Waals surface area contributed by atoms with E-state index in [0.717, 1.165) is 30.0 Å². The second-order valence-corrected chi connectivity index (χ2v) is 6.91. The van der Waals surface area contributed by atoms with Crippen LogP contribution in [0.15, 0.2) is 48.5 Å². The minimum Gasteiger partial charge on any atom is -0.494 e. The maximum Gasteiger partial charge on any atom is 0.255 e. The predicted octanol–water partition coefficient (Wildman–Crippen LogP) is 4.86. The summed E-state index contributed by atoms with van der Waals surface area (Å²) >= 11 is 0. The Balaban J connectivity index is 1.43. The number of carbonyl (C=O) groups excluding carboxylic acids is 1. The molecule has 0 radical (unpaired) electrons. The lowest BCUT2D eigenvalue weighted by Gasteiger charge is -2.09. The first-order chi connectivity index (χ1) is 14.3. The van der Waals surface area contributed by atoms with Crippen molar-refractivity contribution in [1.29, 1.82) is 0 Å². The molecule has 0 aliphatic heterocycles. The number of tetrazole rings is 1. The van der Waals surface area contributed by atoms with Crippen molar-refractivity contribution in [3.63, 3.8) is 0 Å². The number of benzene rings is 2. The SMILES string of the molecule is CCCCCCCCOc1ccc(NC(=O)c2ccc(-c3nn[nH]n3)cc2)cc1. The molecule has 1 heterocycles. The van der Waals surface area contributed by atoms with E-state index < -0.39 is 0 Å². The van der Waals surface area contributed by atoms with Crippen LogP contribution in [0.2, 0.25) is 0 Å². The molecule has 152 valence electrons. The van der Waals surface area contributed by atoms with E-state index in [1.54, 1.807) is 24.3 Å². The van der Waals surface area contributed by atoms with E-state index >= 15 is 0 Å². The van der Waals surface area contributed by atoms with Crippen molar-refractivity contribution in [1.82, 2.24) is 20.6 Å². The molecule has 3 aromatic rings. The number of H-pyrrole nitrogens is 1. The number of hydrogen-bond donors (Lipinski definition) is 2. The Morgan fingerprint density at radius 3 is 2.38 bits per heavy atom. The molecule has 7 nitrogen and oxygen atoms in total. The molecule has 3 rings (SSSR count). The topological polar surface area (TPSA) is 92.8 Å². The van der Waals surface area contributed by atoms with Crippen LogP contribution in [0, 0.1) is 0 Å². The Morgan fingerprint density at radius 2 is 1.69 bits per heavy atom. The van der Waals surface area contributed by atoms with Crippen LogP contribution in [0.4, 0.5) is 5.69 Å². The van der Waals surface area contributed by atoms with Gasteiger partial charge in [-0.25, -0.2) is 0 Å². The third-order valence-corrected chi connectivity index (χ3v) is 4.63. The van der Waals surface area contributed by atoms with Crippen LogP contribution in [0.5, 0.6) is 5.75 Å². The highest BCUT2D eigenvalue weighted by atomic mass is 16.5. The molecule has 2 N–H and O–H groups in total. The number of aromatic nitrogens is 4. The van der Waals surface area contributed by atoms with Gasteiger partial charge in [-0.05, 0) is 48.0 Å². The van der Waals surface area contributed by atoms with E-state index in [1.807, 2.05) is 24.3 Å². The molecular formula is C22H27N5O2. The summed E-state index contributed by atoms with van der Waals surface area (Å²) in [4.78, 5) is 12.4. The summed E-state index contributed by atoms with van der Waals surface area (Å²) in [5.41, 5.74) is 2.08. The highest BCUT2D eigenvalue weighted by Crippen LogP contribution is 2.18. The Bertz CT molecular complexity index is 861. The molecule has 29 heavy (non-hydrogen) atoms. The van der Waals surface area contributed by atoms with Crippen molar-refractivity contribution in [2.45, 2.75) is 45.4 Å². The molecule has 0 aliphatic rings. The number of anilines is 1. The number of rotatable bonds is 11. The van der Waals surface area contributed by atoms with E-state index in [9.17, 15) is 4.79 Å². The lowest BCUT2D eigenvalue weighted by Crippen LogP contribution is -2.11. The maximum absolute atomic E-state index is 12.4.